The summed E-state index contributed by atoms with van der Waals surface area (Å²) in [4.78, 5) is 0. The summed E-state index contributed by atoms with van der Waals surface area (Å²) in [6.07, 6.45) is 13.0. The SMILES string of the molecule is O=S1(=O)CCNc2cc3c(cc2C1)C/C=C\C=C/C=C3. The number of hydrogen-bond donors (Lipinski definition) is 1. The first-order valence-corrected chi connectivity index (χ1v) is 8.56. The predicted octanol–water partition coefficient (Wildman–Crippen LogP) is 2.71. The van der Waals surface area contributed by atoms with Gasteiger partial charge < -0.3 is 5.32 Å². The van der Waals surface area contributed by atoms with Crippen molar-refractivity contribution < 1.29 is 8.42 Å². The molecule has 0 radical (unpaired) electrons. The molecule has 0 fully saturated rings. The fourth-order valence-corrected chi connectivity index (χ4v) is 3.81. The quantitative estimate of drug-likeness (QED) is 0.798. The third-order valence-electron chi connectivity index (χ3n) is 3.55. The van der Waals surface area contributed by atoms with Crippen LogP contribution in [0.15, 0.2) is 42.5 Å². The third-order valence-corrected chi connectivity index (χ3v) is 5.13. The van der Waals surface area contributed by atoms with Crippen LogP contribution < -0.4 is 5.32 Å². The van der Waals surface area contributed by atoms with Gasteiger partial charge in [-0.1, -0.05) is 42.5 Å². The van der Waals surface area contributed by atoms with Gasteiger partial charge in [-0.15, -0.1) is 0 Å². The second-order valence-corrected chi connectivity index (χ2v) is 7.29. The highest BCUT2D eigenvalue weighted by Gasteiger charge is 2.20. The van der Waals surface area contributed by atoms with Crippen molar-refractivity contribution in [2.45, 2.75) is 12.2 Å². The van der Waals surface area contributed by atoms with Gasteiger partial charge in [0.2, 0.25) is 0 Å². The highest BCUT2D eigenvalue weighted by Crippen LogP contribution is 2.27. The topological polar surface area (TPSA) is 46.2 Å². The Hall–Kier alpha value is -1.81. The molecule has 0 saturated heterocycles. The fourth-order valence-electron chi connectivity index (χ4n) is 2.54. The average molecular weight is 287 g/mol. The van der Waals surface area contributed by atoms with Crippen molar-refractivity contribution >= 4 is 21.6 Å². The number of nitrogens with one attached hydrogen (secondary N) is 1. The maximum Gasteiger partial charge on any atom is 0.156 e. The summed E-state index contributed by atoms with van der Waals surface area (Å²) < 4.78 is 23.8. The van der Waals surface area contributed by atoms with Gasteiger partial charge in [0.05, 0.1) is 11.5 Å². The summed E-state index contributed by atoms with van der Waals surface area (Å²) in [6.45, 7) is 0.484. The Morgan fingerprint density at radius 3 is 2.75 bits per heavy atom. The lowest BCUT2D eigenvalue weighted by molar-refractivity contribution is 0.596. The Labute approximate surface area is 119 Å². The molecule has 3 nitrogen and oxygen atoms in total. The molecule has 1 aliphatic carbocycles. The van der Waals surface area contributed by atoms with E-state index < -0.39 is 9.84 Å². The van der Waals surface area contributed by atoms with Gasteiger partial charge in [-0.2, -0.15) is 0 Å². The zero-order valence-corrected chi connectivity index (χ0v) is 12.0. The molecule has 1 aromatic rings. The van der Waals surface area contributed by atoms with E-state index in [1.807, 2.05) is 30.4 Å². The number of fused-ring (bicyclic) bond motifs is 2. The summed E-state index contributed by atoms with van der Waals surface area (Å²) in [6, 6.07) is 4.09. The monoisotopic (exact) mass is 287 g/mol. The molecule has 0 spiro atoms. The number of allylic oxidation sites excluding steroid dienone is 5. The molecule has 1 N–H and O–H groups in total. The van der Waals surface area contributed by atoms with Crippen LogP contribution >= 0.6 is 0 Å². The van der Waals surface area contributed by atoms with E-state index >= 15 is 0 Å². The van der Waals surface area contributed by atoms with E-state index in [2.05, 4.69) is 23.5 Å². The van der Waals surface area contributed by atoms with Crippen LogP contribution in [0.25, 0.3) is 6.08 Å². The molecule has 1 heterocycles. The standard InChI is InChI=1S/C16H17NO2S/c18-20(19)9-8-17-16-11-14-7-5-3-1-2-4-6-13(14)10-15(16)12-20/h1-5,7,10-11,17H,6,8-9,12H2/b3-1-,4-2-,7-5?. The van der Waals surface area contributed by atoms with Crippen LogP contribution in [0.2, 0.25) is 0 Å². The van der Waals surface area contributed by atoms with E-state index in [0.717, 1.165) is 23.2 Å². The summed E-state index contributed by atoms with van der Waals surface area (Å²) in [5.41, 5.74) is 4.14. The molecule has 1 aliphatic heterocycles. The lowest BCUT2D eigenvalue weighted by atomic mass is 9.99. The van der Waals surface area contributed by atoms with E-state index in [1.165, 1.54) is 5.56 Å². The van der Waals surface area contributed by atoms with E-state index in [1.54, 1.807) is 0 Å². The van der Waals surface area contributed by atoms with Gasteiger partial charge in [0, 0.05) is 12.2 Å². The van der Waals surface area contributed by atoms with Crippen LogP contribution in [0.5, 0.6) is 0 Å². The molecule has 0 unspecified atom stereocenters. The lowest BCUT2D eigenvalue weighted by Gasteiger charge is -2.12. The number of rotatable bonds is 0. The van der Waals surface area contributed by atoms with Gasteiger partial charge in [-0.3, -0.25) is 0 Å². The maximum absolute atomic E-state index is 11.9. The van der Waals surface area contributed by atoms with Gasteiger partial charge in [0.15, 0.2) is 9.84 Å². The van der Waals surface area contributed by atoms with Gasteiger partial charge in [0.1, 0.15) is 0 Å². The molecule has 0 amide bonds. The Bertz CT molecular complexity index is 712. The second-order valence-electron chi connectivity index (χ2n) is 5.10. The minimum absolute atomic E-state index is 0.133. The van der Waals surface area contributed by atoms with Gasteiger partial charge in [-0.25, -0.2) is 8.42 Å². The molecule has 1 aromatic carbocycles. The smallest absolute Gasteiger partial charge is 0.156 e. The summed E-state index contributed by atoms with van der Waals surface area (Å²) in [7, 11) is -2.99. The van der Waals surface area contributed by atoms with Crippen molar-refractivity contribution in [3.63, 3.8) is 0 Å². The van der Waals surface area contributed by atoms with E-state index in [-0.39, 0.29) is 11.5 Å². The predicted molar refractivity (Wildman–Crippen MR) is 83.4 cm³/mol. The first kappa shape index (κ1) is 13.2. The first-order valence-electron chi connectivity index (χ1n) is 6.74. The van der Waals surface area contributed by atoms with E-state index in [0.29, 0.717) is 6.54 Å². The highest BCUT2D eigenvalue weighted by molar-refractivity contribution is 7.90. The molecule has 4 heteroatoms. The zero-order valence-electron chi connectivity index (χ0n) is 11.2. The molecular formula is C16H17NO2S. The van der Waals surface area contributed by atoms with Crippen molar-refractivity contribution in [1.29, 1.82) is 0 Å². The minimum Gasteiger partial charge on any atom is -0.384 e. The number of anilines is 1. The van der Waals surface area contributed by atoms with Crippen molar-refractivity contribution in [3.05, 3.63) is 59.2 Å². The Kier molecular flexibility index (Phi) is 3.49. The second kappa shape index (κ2) is 5.29. The number of hydrogen-bond acceptors (Lipinski definition) is 3. The highest BCUT2D eigenvalue weighted by atomic mass is 32.2. The minimum atomic E-state index is -2.99. The molecule has 2 aliphatic rings. The Balaban J connectivity index is 2.09. The lowest BCUT2D eigenvalue weighted by Crippen LogP contribution is -2.12. The summed E-state index contributed by atoms with van der Waals surface area (Å²) in [5.74, 6) is 0.332. The zero-order chi connectivity index (χ0) is 14.0. The molecule has 0 atom stereocenters. The molecule has 104 valence electrons. The van der Waals surface area contributed by atoms with E-state index in [4.69, 9.17) is 0 Å². The van der Waals surface area contributed by atoms with Crippen LogP contribution in [0, 0.1) is 0 Å². The first-order chi connectivity index (χ1) is 9.64. The van der Waals surface area contributed by atoms with E-state index in [9.17, 15) is 8.42 Å². The summed E-state index contributed by atoms with van der Waals surface area (Å²) in [5, 5.41) is 3.23. The fraction of sp³-hybridized carbons (Fsp3) is 0.250. The Morgan fingerprint density at radius 1 is 1.00 bits per heavy atom. The van der Waals surface area contributed by atoms with Crippen molar-refractivity contribution in [1.82, 2.24) is 0 Å². The van der Waals surface area contributed by atoms with Crippen molar-refractivity contribution in [2.24, 2.45) is 0 Å². The van der Waals surface area contributed by atoms with Crippen LogP contribution in [0.3, 0.4) is 0 Å². The van der Waals surface area contributed by atoms with Crippen molar-refractivity contribution in [3.8, 4) is 0 Å². The largest absolute Gasteiger partial charge is 0.384 e. The average Bonchev–Trinajstić information content (AvgIpc) is 2.47. The molecule has 0 saturated carbocycles. The summed E-state index contributed by atoms with van der Waals surface area (Å²) >= 11 is 0. The maximum atomic E-state index is 11.9. The van der Waals surface area contributed by atoms with Gasteiger partial charge >= 0.3 is 0 Å². The molecule has 20 heavy (non-hydrogen) atoms. The van der Waals surface area contributed by atoms with Gasteiger partial charge in [-0.05, 0) is 29.2 Å². The molecule has 0 aromatic heterocycles. The number of sulfone groups is 1. The number of benzene rings is 1. The van der Waals surface area contributed by atoms with Crippen LogP contribution in [-0.2, 0) is 22.0 Å². The van der Waals surface area contributed by atoms with Gasteiger partial charge in [0.25, 0.3) is 0 Å². The molecular weight excluding hydrogens is 270 g/mol. The van der Waals surface area contributed by atoms with Crippen LogP contribution in [0.1, 0.15) is 16.7 Å². The molecule has 0 bridgehead atoms. The third kappa shape index (κ3) is 2.85. The Morgan fingerprint density at radius 2 is 1.85 bits per heavy atom. The van der Waals surface area contributed by atoms with Crippen LogP contribution in [0.4, 0.5) is 5.69 Å². The van der Waals surface area contributed by atoms with Crippen LogP contribution in [-0.4, -0.2) is 20.7 Å². The molecule has 3 rings (SSSR count). The normalized spacial score (nSPS) is 23.0. The van der Waals surface area contributed by atoms with Crippen molar-refractivity contribution in [2.75, 3.05) is 17.6 Å².